The highest BCUT2D eigenvalue weighted by atomic mass is 32.1. The molecule has 5 nitrogen and oxygen atoms in total. The van der Waals surface area contributed by atoms with Crippen molar-refractivity contribution in [2.75, 3.05) is 0 Å². The number of nitrogens with zero attached hydrogens (tertiary/aromatic N) is 2. The molecule has 1 N–H and O–H groups in total. The van der Waals surface area contributed by atoms with E-state index in [1.54, 1.807) is 11.6 Å². The minimum atomic E-state index is -0.372. The van der Waals surface area contributed by atoms with Gasteiger partial charge in [0.05, 0.1) is 0 Å². The highest BCUT2D eigenvalue weighted by Crippen LogP contribution is 2.07. The molecule has 0 unspecified atom stereocenters. The number of fused-ring (bicyclic) bond motifs is 1. The Morgan fingerprint density at radius 1 is 1.35 bits per heavy atom. The van der Waals surface area contributed by atoms with E-state index in [4.69, 9.17) is 0 Å². The summed E-state index contributed by atoms with van der Waals surface area (Å²) in [4.78, 5) is 29.3. The lowest BCUT2D eigenvalue weighted by atomic mass is 10.1. The van der Waals surface area contributed by atoms with Crippen molar-refractivity contribution in [3.8, 4) is 0 Å². The Morgan fingerprint density at radius 2 is 2.13 bits per heavy atom. The molecule has 6 heteroatoms. The fourth-order valence-electron chi connectivity index (χ4n) is 2.38. The first-order chi connectivity index (χ1) is 11.1. The fraction of sp³-hybridized carbons (Fsp3) is 0.235. The van der Waals surface area contributed by atoms with Crippen LogP contribution < -0.4 is 10.9 Å². The molecule has 3 rings (SSSR count). The molecule has 2 aromatic heterocycles. The van der Waals surface area contributed by atoms with Gasteiger partial charge in [-0.15, -0.1) is 11.3 Å². The Kier molecular flexibility index (Phi) is 4.52. The zero-order chi connectivity index (χ0) is 16.2. The van der Waals surface area contributed by atoms with Crippen LogP contribution in [-0.2, 0) is 6.42 Å². The van der Waals surface area contributed by atoms with Crippen LogP contribution in [0.2, 0.25) is 0 Å². The van der Waals surface area contributed by atoms with Gasteiger partial charge in [-0.3, -0.25) is 14.0 Å². The van der Waals surface area contributed by atoms with E-state index >= 15 is 0 Å². The monoisotopic (exact) mass is 327 g/mol. The van der Waals surface area contributed by atoms with Gasteiger partial charge < -0.3 is 5.32 Å². The second-order valence-corrected chi connectivity index (χ2v) is 6.30. The van der Waals surface area contributed by atoms with Gasteiger partial charge in [0, 0.05) is 23.8 Å². The van der Waals surface area contributed by atoms with Crippen molar-refractivity contribution in [1.82, 2.24) is 14.7 Å². The molecule has 118 valence electrons. The zero-order valence-electron chi connectivity index (χ0n) is 12.7. The molecule has 0 bridgehead atoms. The molecule has 0 aliphatic heterocycles. The van der Waals surface area contributed by atoms with Crippen LogP contribution in [0.25, 0.3) is 4.96 Å². The number of thiazole rings is 1. The number of hydrogen-bond donors (Lipinski definition) is 1. The first kappa shape index (κ1) is 15.4. The van der Waals surface area contributed by atoms with Crippen LogP contribution in [-0.4, -0.2) is 21.3 Å². The van der Waals surface area contributed by atoms with Gasteiger partial charge in [0.2, 0.25) is 0 Å². The van der Waals surface area contributed by atoms with Gasteiger partial charge in [0.15, 0.2) is 4.96 Å². The Morgan fingerprint density at radius 3 is 2.91 bits per heavy atom. The topological polar surface area (TPSA) is 63.5 Å². The minimum absolute atomic E-state index is 0.0229. The largest absolute Gasteiger partial charge is 0.349 e. The summed E-state index contributed by atoms with van der Waals surface area (Å²) in [5.74, 6) is -0.372. The Hall–Kier alpha value is -2.47. The van der Waals surface area contributed by atoms with Crippen molar-refractivity contribution in [3.63, 3.8) is 0 Å². The van der Waals surface area contributed by atoms with E-state index in [0.717, 1.165) is 12.8 Å². The van der Waals surface area contributed by atoms with Gasteiger partial charge in [-0.2, -0.15) is 0 Å². The predicted octanol–water partition coefficient (Wildman–Crippen LogP) is 2.51. The number of rotatable bonds is 5. The third-order valence-electron chi connectivity index (χ3n) is 3.67. The molecule has 0 aliphatic rings. The quantitative estimate of drug-likeness (QED) is 0.783. The maximum atomic E-state index is 12.3. The van der Waals surface area contributed by atoms with Crippen molar-refractivity contribution >= 4 is 22.2 Å². The lowest BCUT2D eigenvalue weighted by Gasteiger charge is -2.13. The Bertz CT molecular complexity index is 870. The second-order valence-electron chi connectivity index (χ2n) is 5.43. The maximum absolute atomic E-state index is 12.3. The predicted molar refractivity (Wildman–Crippen MR) is 91.0 cm³/mol. The molecule has 2 heterocycles. The standard InChI is InChI=1S/C17H17N3O2S/c1-12(7-8-13-5-3-2-4-6-13)19-15(21)14-11-18-17-20(16(14)22)9-10-23-17/h2-6,9-12H,7-8H2,1H3,(H,19,21)/t12-/m1/s1. The van der Waals surface area contributed by atoms with Crippen LogP contribution in [0.4, 0.5) is 0 Å². The van der Waals surface area contributed by atoms with Crippen LogP contribution in [0.5, 0.6) is 0 Å². The number of carbonyl (C=O) groups is 1. The van der Waals surface area contributed by atoms with Crippen molar-refractivity contribution in [1.29, 1.82) is 0 Å². The summed E-state index contributed by atoms with van der Waals surface area (Å²) in [6.45, 7) is 1.94. The first-order valence-corrected chi connectivity index (χ1v) is 8.33. The molecule has 0 radical (unpaired) electrons. The van der Waals surface area contributed by atoms with Crippen molar-refractivity contribution in [2.45, 2.75) is 25.8 Å². The normalized spacial score (nSPS) is 12.2. The van der Waals surface area contributed by atoms with Crippen molar-refractivity contribution < 1.29 is 4.79 Å². The molecule has 1 atom stereocenters. The number of benzene rings is 1. The second kappa shape index (κ2) is 6.75. The third-order valence-corrected chi connectivity index (χ3v) is 4.44. The number of aryl methyl sites for hydroxylation is 1. The number of amides is 1. The molecule has 3 aromatic rings. The van der Waals surface area contributed by atoms with Crippen LogP contribution >= 0.6 is 11.3 Å². The number of nitrogens with one attached hydrogen (secondary N) is 1. The van der Waals surface area contributed by atoms with E-state index in [-0.39, 0.29) is 23.1 Å². The van der Waals surface area contributed by atoms with Gasteiger partial charge in [0.1, 0.15) is 5.56 Å². The molecule has 0 aliphatic carbocycles. The summed E-state index contributed by atoms with van der Waals surface area (Å²) in [5.41, 5.74) is 0.978. The summed E-state index contributed by atoms with van der Waals surface area (Å²) in [6.07, 6.45) is 4.67. The SMILES string of the molecule is C[C@H](CCc1ccccc1)NC(=O)c1cnc2sccn2c1=O. The van der Waals surface area contributed by atoms with E-state index in [1.165, 1.54) is 27.5 Å². The molecular formula is C17H17N3O2S. The van der Waals surface area contributed by atoms with Crippen LogP contribution in [0.1, 0.15) is 29.3 Å². The minimum Gasteiger partial charge on any atom is -0.349 e. The maximum Gasteiger partial charge on any atom is 0.271 e. The molecule has 0 saturated carbocycles. The summed E-state index contributed by atoms with van der Waals surface area (Å²) < 4.78 is 1.40. The van der Waals surface area contributed by atoms with Gasteiger partial charge in [-0.05, 0) is 25.3 Å². The summed E-state index contributed by atoms with van der Waals surface area (Å²) in [6, 6.07) is 10.1. The first-order valence-electron chi connectivity index (χ1n) is 7.45. The van der Waals surface area contributed by atoms with E-state index in [0.29, 0.717) is 4.96 Å². The van der Waals surface area contributed by atoms with Crippen molar-refractivity contribution in [3.05, 3.63) is 69.6 Å². The molecular weight excluding hydrogens is 310 g/mol. The molecule has 1 aromatic carbocycles. The number of aromatic nitrogens is 2. The Balaban J connectivity index is 1.65. The summed E-state index contributed by atoms with van der Waals surface area (Å²) in [7, 11) is 0. The van der Waals surface area contributed by atoms with Crippen LogP contribution in [0.15, 0.2) is 52.9 Å². The van der Waals surface area contributed by atoms with E-state index in [2.05, 4.69) is 22.4 Å². The number of carbonyl (C=O) groups excluding carboxylic acids is 1. The molecule has 1 amide bonds. The fourth-order valence-corrected chi connectivity index (χ4v) is 3.06. The highest BCUT2D eigenvalue weighted by molar-refractivity contribution is 7.15. The molecule has 0 spiro atoms. The summed E-state index contributed by atoms with van der Waals surface area (Å²) >= 11 is 1.36. The van der Waals surface area contributed by atoms with E-state index in [1.807, 2.05) is 25.1 Å². The van der Waals surface area contributed by atoms with Gasteiger partial charge in [0.25, 0.3) is 11.5 Å². The van der Waals surface area contributed by atoms with Crippen LogP contribution in [0, 0.1) is 0 Å². The Labute approximate surface area is 137 Å². The lowest BCUT2D eigenvalue weighted by Crippen LogP contribution is -2.37. The van der Waals surface area contributed by atoms with Gasteiger partial charge >= 0.3 is 0 Å². The molecule has 0 saturated heterocycles. The molecule has 23 heavy (non-hydrogen) atoms. The van der Waals surface area contributed by atoms with Gasteiger partial charge in [-0.1, -0.05) is 30.3 Å². The van der Waals surface area contributed by atoms with Crippen molar-refractivity contribution in [2.24, 2.45) is 0 Å². The average molecular weight is 327 g/mol. The smallest absolute Gasteiger partial charge is 0.271 e. The summed E-state index contributed by atoms with van der Waals surface area (Å²) in [5, 5.41) is 4.65. The van der Waals surface area contributed by atoms with E-state index < -0.39 is 0 Å². The average Bonchev–Trinajstić information content (AvgIpc) is 3.04. The van der Waals surface area contributed by atoms with Crippen LogP contribution in [0.3, 0.4) is 0 Å². The van der Waals surface area contributed by atoms with Gasteiger partial charge in [-0.25, -0.2) is 4.98 Å². The number of hydrogen-bond acceptors (Lipinski definition) is 4. The zero-order valence-corrected chi connectivity index (χ0v) is 13.5. The molecule has 0 fully saturated rings. The third kappa shape index (κ3) is 3.48. The van der Waals surface area contributed by atoms with E-state index in [9.17, 15) is 9.59 Å². The lowest BCUT2D eigenvalue weighted by molar-refractivity contribution is 0.0936. The highest BCUT2D eigenvalue weighted by Gasteiger charge is 2.15.